The summed E-state index contributed by atoms with van der Waals surface area (Å²) in [6, 6.07) is 0. The van der Waals surface area contributed by atoms with Gasteiger partial charge in [-0.1, -0.05) is 0 Å². The molecule has 5 aliphatic carbocycles. The zero-order valence-electron chi connectivity index (χ0n) is 7.82. The fraction of sp³-hybridized carbons (Fsp3) is 1.00. The first kappa shape index (κ1) is 6.76. The molecule has 0 heterocycles. The monoisotopic (exact) mass is 192 g/mol. The van der Waals surface area contributed by atoms with Crippen molar-refractivity contribution in [2.75, 3.05) is 0 Å². The Morgan fingerprint density at radius 1 is 0.923 bits per heavy atom. The van der Waals surface area contributed by atoms with Gasteiger partial charge in [-0.05, 0) is 67.1 Å². The van der Waals surface area contributed by atoms with Crippen LogP contribution in [0.3, 0.4) is 0 Å². The molecule has 5 rings (SSSR count). The average Bonchev–Trinajstić information content (AvgIpc) is 2.07. The highest BCUT2D eigenvalue weighted by molar-refractivity contribution is 7.82. The zero-order chi connectivity index (χ0) is 8.37. The minimum Gasteiger partial charge on any atom is -0.172 e. The Kier molecular flexibility index (Phi) is 0.842. The van der Waals surface area contributed by atoms with Crippen molar-refractivity contribution in [3.8, 4) is 0 Å². The lowest BCUT2D eigenvalue weighted by Gasteiger charge is -2.86. The van der Waals surface area contributed by atoms with E-state index in [1.54, 1.807) is 12.8 Å². The Morgan fingerprint density at radius 3 is 2.31 bits per heavy atom. The van der Waals surface area contributed by atoms with Crippen LogP contribution in [-0.4, -0.2) is 4.75 Å². The molecule has 0 N–H and O–H groups in total. The number of rotatable bonds is 0. The van der Waals surface area contributed by atoms with Crippen LogP contribution in [0.25, 0.3) is 0 Å². The van der Waals surface area contributed by atoms with Gasteiger partial charge in [-0.25, -0.2) is 0 Å². The zero-order valence-corrected chi connectivity index (χ0v) is 8.71. The van der Waals surface area contributed by atoms with Crippen molar-refractivity contribution >= 4 is 12.6 Å². The predicted molar refractivity (Wildman–Crippen MR) is 54.6 cm³/mol. The SMILES string of the molecule is S[C@]12CCC1C1C3C4CCC4C3C12. The van der Waals surface area contributed by atoms with Gasteiger partial charge >= 0.3 is 0 Å². The maximum Gasteiger partial charge on any atom is 0.0195 e. The van der Waals surface area contributed by atoms with Crippen molar-refractivity contribution in [3.63, 3.8) is 0 Å². The number of fused-ring (bicyclic) bond motifs is 10. The van der Waals surface area contributed by atoms with E-state index in [-0.39, 0.29) is 0 Å². The molecule has 0 nitrogen and oxygen atoms in total. The van der Waals surface area contributed by atoms with E-state index in [1.165, 1.54) is 42.4 Å². The molecule has 0 spiro atoms. The molecular weight excluding hydrogens is 176 g/mol. The van der Waals surface area contributed by atoms with Crippen LogP contribution in [0.2, 0.25) is 0 Å². The van der Waals surface area contributed by atoms with Crippen molar-refractivity contribution in [1.82, 2.24) is 0 Å². The Hall–Kier alpha value is 0.350. The first-order valence-corrected chi connectivity index (χ1v) is 6.49. The van der Waals surface area contributed by atoms with E-state index in [9.17, 15) is 0 Å². The molecule has 5 fully saturated rings. The molecule has 7 unspecified atom stereocenters. The summed E-state index contributed by atoms with van der Waals surface area (Å²) in [7, 11) is 0. The smallest absolute Gasteiger partial charge is 0.0195 e. The highest BCUT2D eigenvalue weighted by Crippen LogP contribution is 2.85. The van der Waals surface area contributed by atoms with Gasteiger partial charge in [0.05, 0.1) is 0 Å². The summed E-state index contributed by atoms with van der Waals surface area (Å²) in [4.78, 5) is 0. The van der Waals surface area contributed by atoms with Crippen LogP contribution < -0.4 is 0 Å². The normalized spacial score (nSPS) is 80.5. The molecule has 70 valence electrons. The molecule has 0 aromatic rings. The molecule has 5 aliphatic rings. The van der Waals surface area contributed by atoms with E-state index < -0.39 is 0 Å². The van der Waals surface area contributed by atoms with Crippen LogP contribution in [-0.2, 0) is 0 Å². The number of thiol groups is 1. The van der Waals surface area contributed by atoms with Crippen molar-refractivity contribution in [1.29, 1.82) is 0 Å². The van der Waals surface area contributed by atoms with Gasteiger partial charge in [-0.3, -0.25) is 0 Å². The Morgan fingerprint density at radius 2 is 1.69 bits per heavy atom. The van der Waals surface area contributed by atoms with E-state index in [0.29, 0.717) is 4.75 Å². The summed E-state index contributed by atoms with van der Waals surface area (Å²) >= 11 is 4.96. The summed E-state index contributed by atoms with van der Waals surface area (Å²) in [5, 5.41) is 0. The molecule has 0 bridgehead atoms. The summed E-state index contributed by atoms with van der Waals surface area (Å²) in [5.74, 6) is 8.15. The van der Waals surface area contributed by atoms with Gasteiger partial charge in [0.2, 0.25) is 0 Å². The minimum atomic E-state index is 0.576. The fourth-order valence-electron chi connectivity index (χ4n) is 5.94. The van der Waals surface area contributed by atoms with E-state index in [4.69, 9.17) is 12.6 Å². The summed E-state index contributed by atoms with van der Waals surface area (Å²) < 4.78 is 0.576. The highest BCUT2D eigenvalue weighted by atomic mass is 32.1. The fourth-order valence-corrected chi connectivity index (χ4v) is 6.72. The Balaban J connectivity index is 1.54. The van der Waals surface area contributed by atoms with E-state index in [0.717, 1.165) is 11.8 Å². The second-order valence-corrected chi connectivity index (χ2v) is 7.13. The second kappa shape index (κ2) is 1.62. The lowest BCUT2D eigenvalue weighted by atomic mass is 9.21. The second-order valence-electron chi connectivity index (χ2n) is 6.30. The summed E-state index contributed by atoms with van der Waals surface area (Å²) in [6.45, 7) is 0. The van der Waals surface area contributed by atoms with Crippen molar-refractivity contribution < 1.29 is 0 Å². The third kappa shape index (κ3) is 0.432. The molecule has 13 heavy (non-hydrogen) atoms. The summed E-state index contributed by atoms with van der Waals surface area (Å²) in [6.07, 6.45) is 6.12. The molecule has 0 amide bonds. The summed E-state index contributed by atoms with van der Waals surface area (Å²) in [5.41, 5.74) is 0. The van der Waals surface area contributed by atoms with E-state index in [1.807, 2.05) is 0 Å². The van der Waals surface area contributed by atoms with Gasteiger partial charge in [-0.15, -0.1) is 0 Å². The standard InChI is InChI=1S/C12H16S/c13-12-4-3-7(12)10-8-5-1-2-6(5)9(8)11(10)12/h5-11,13H,1-4H2/t5?,6?,7?,8?,9?,10?,11?,12-/m1/s1. The maximum atomic E-state index is 4.96. The quantitative estimate of drug-likeness (QED) is 0.442. The molecule has 0 aliphatic heterocycles. The van der Waals surface area contributed by atoms with Crippen molar-refractivity contribution in [3.05, 3.63) is 0 Å². The van der Waals surface area contributed by atoms with Crippen LogP contribution in [0.1, 0.15) is 25.7 Å². The average molecular weight is 192 g/mol. The van der Waals surface area contributed by atoms with Gasteiger partial charge < -0.3 is 0 Å². The molecule has 5 saturated carbocycles. The van der Waals surface area contributed by atoms with Crippen LogP contribution in [0.15, 0.2) is 0 Å². The van der Waals surface area contributed by atoms with E-state index >= 15 is 0 Å². The highest BCUT2D eigenvalue weighted by Gasteiger charge is 2.82. The molecule has 1 heteroatoms. The molecule has 0 radical (unpaired) electrons. The molecule has 0 aromatic carbocycles. The number of hydrogen-bond acceptors (Lipinski definition) is 1. The van der Waals surface area contributed by atoms with Gasteiger partial charge in [0.15, 0.2) is 0 Å². The largest absolute Gasteiger partial charge is 0.172 e. The minimum absolute atomic E-state index is 0.576. The first-order valence-electron chi connectivity index (χ1n) is 6.05. The van der Waals surface area contributed by atoms with Gasteiger partial charge in [-0.2, -0.15) is 12.6 Å². The predicted octanol–water partition coefficient (Wildman–Crippen LogP) is 2.60. The third-order valence-corrected chi connectivity index (χ3v) is 7.48. The molecule has 0 aromatic heterocycles. The topological polar surface area (TPSA) is 0 Å². The van der Waals surface area contributed by atoms with Crippen molar-refractivity contribution in [2.45, 2.75) is 30.4 Å². The van der Waals surface area contributed by atoms with Gasteiger partial charge in [0, 0.05) is 4.75 Å². The Bertz CT molecular complexity index is 306. The van der Waals surface area contributed by atoms with Crippen LogP contribution in [0.4, 0.5) is 0 Å². The lowest BCUT2D eigenvalue weighted by molar-refractivity contribution is -0.346. The maximum absolute atomic E-state index is 4.96. The third-order valence-electron chi connectivity index (χ3n) is 6.63. The van der Waals surface area contributed by atoms with Crippen LogP contribution in [0.5, 0.6) is 0 Å². The molecule has 0 saturated heterocycles. The molecular formula is C12H16S. The van der Waals surface area contributed by atoms with Crippen molar-refractivity contribution in [2.24, 2.45) is 41.4 Å². The van der Waals surface area contributed by atoms with E-state index in [2.05, 4.69) is 0 Å². The van der Waals surface area contributed by atoms with Gasteiger partial charge in [0.1, 0.15) is 0 Å². The Labute approximate surface area is 84.9 Å². The van der Waals surface area contributed by atoms with Gasteiger partial charge in [0.25, 0.3) is 0 Å². The lowest BCUT2D eigenvalue weighted by Crippen LogP contribution is -2.84. The van der Waals surface area contributed by atoms with Crippen LogP contribution in [0, 0.1) is 41.4 Å². The molecule has 8 atom stereocenters. The van der Waals surface area contributed by atoms with Crippen LogP contribution >= 0.6 is 12.6 Å². The first-order chi connectivity index (χ1) is 6.32. The number of hydrogen-bond donors (Lipinski definition) is 1.